The van der Waals surface area contributed by atoms with Crippen molar-refractivity contribution < 1.29 is 14.7 Å². The number of carbonyl (C=O) groups is 2. The van der Waals surface area contributed by atoms with E-state index in [1.807, 2.05) is 19.9 Å². The molecule has 0 aliphatic heterocycles. The number of carboxylic acids is 1. The topological polar surface area (TPSA) is 94.4 Å². The molecule has 2 aromatic rings. The summed E-state index contributed by atoms with van der Waals surface area (Å²) in [5.41, 5.74) is 2.16. The van der Waals surface area contributed by atoms with E-state index in [4.69, 9.17) is 28.3 Å². The van der Waals surface area contributed by atoms with E-state index in [0.29, 0.717) is 27.1 Å². The summed E-state index contributed by atoms with van der Waals surface area (Å²) in [6.07, 6.45) is -0.391. The smallest absolute Gasteiger partial charge is 0.303 e. The largest absolute Gasteiger partial charge is 0.481 e. The van der Waals surface area contributed by atoms with Crippen molar-refractivity contribution in [3.8, 4) is 0 Å². The molecule has 0 spiro atoms. The van der Waals surface area contributed by atoms with Crippen LogP contribution in [0.4, 0.5) is 22.7 Å². The molecule has 0 heterocycles. The van der Waals surface area contributed by atoms with Crippen LogP contribution in [0.25, 0.3) is 0 Å². The highest BCUT2D eigenvalue weighted by atomic mass is 35.5. The average molecular weight is 437 g/mol. The fraction of sp³-hybridized carbons (Fsp3) is 0.300. The Labute approximate surface area is 179 Å². The number of nitrogens with zero attached hydrogens (tertiary/aromatic N) is 3. The number of azo groups is 1. The van der Waals surface area contributed by atoms with Gasteiger partial charge in [0.15, 0.2) is 0 Å². The highest BCUT2D eigenvalue weighted by Gasteiger charge is 2.12. The third-order valence-corrected chi connectivity index (χ3v) is 4.68. The SMILES string of the molecule is CCN(CC)c1ccc(N=Nc2cc(Cl)ccc2Cl)c(NC(=O)CCC(=O)O)c1. The molecule has 0 aliphatic rings. The van der Waals surface area contributed by atoms with Gasteiger partial charge in [-0.25, -0.2) is 0 Å². The van der Waals surface area contributed by atoms with Crippen molar-refractivity contribution in [2.75, 3.05) is 23.3 Å². The Balaban J connectivity index is 2.36. The molecule has 7 nitrogen and oxygen atoms in total. The van der Waals surface area contributed by atoms with Crippen LogP contribution in [0.5, 0.6) is 0 Å². The summed E-state index contributed by atoms with van der Waals surface area (Å²) in [4.78, 5) is 25.0. The molecule has 0 radical (unpaired) electrons. The van der Waals surface area contributed by atoms with Crippen molar-refractivity contribution in [1.82, 2.24) is 0 Å². The molecule has 0 saturated carbocycles. The number of benzene rings is 2. The van der Waals surface area contributed by atoms with Crippen molar-refractivity contribution in [3.63, 3.8) is 0 Å². The Bertz CT molecular complexity index is 915. The van der Waals surface area contributed by atoms with Crippen LogP contribution >= 0.6 is 23.2 Å². The second-order valence-corrected chi connectivity index (χ2v) is 6.96. The highest BCUT2D eigenvalue weighted by molar-refractivity contribution is 6.35. The van der Waals surface area contributed by atoms with Gasteiger partial charge in [-0.15, -0.1) is 10.2 Å². The van der Waals surface area contributed by atoms with Gasteiger partial charge in [0.25, 0.3) is 0 Å². The molecule has 29 heavy (non-hydrogen) atoms. The summed E-state index contributed by atoms with van der Waals surface area (Å²) >= 11 is 12.1. The van der Waals surface area contributed by atoms with Gasteiger partial charge in [-0.3, -0.25) is 9.59 Å². The highest BCUT2D eigenvalue weighted by Crippen LogP contribution is 2.34. The lowest BCUT2D eigenvalue weighted by Crippen LogP contribution is -2.22. The second kappa shape index (κ2) is 10.8. The van der Waals surface area contributed by atoms with Gasteiger partial charge < -0.3 is 15.3 Å². The van der Waals surface area contributed by atoms with Crippen LogP contribution in [0, 0.1) is 0 Å². The third-order valence-electron chi connectivity index (χ3n) is 4.12. The number of hydrogen-bond acceptors (Lipinski definition) is 5. The van der Waals surface area contributed by atoms with Gasteiger partial charge in [0, 0.05) is 30.2 Å². The monoisotopic (exact) mass is 436 g/mol. The summed E-state index contributed by atoms with van der Waals surface area (Å²) in [7, 11) is 0. The zero-order chi connectivity index (χ0) is 21.4. The van der Waals surface area contributed by atoms with E-state index in [1.165, 1.54) is 0 Å². The number of amides is 1. The molecule has 2 N–H and O–H groups in total. The molecule has 2 rings (SSSR count). The first-order chi connectivity index (χ1) is 13.8. The van der Waals surface area contributed by atoms with E-state index in [0.717, 1.165) is 18.8 Å². The van der Waals surface area contributed by atoms with E-state index in [-0.39, 0.29) is 12.8 Å². The Morgan fingerprint density at radius 3 is 2.34 bits per heavy atom. The van der Waals surface area contributed by atoms with E-state index in [9.17, 15) is 9.59 Å². The van der Waals surface area contributed by atoms with E-state index < -0.39 is 11.9 Å². The minimum absolute atomic E-state index is 0.137. The van der Waals surface area contributed by atoms with Gasteiger partial charge >= 0.3 is 5.97 Å². The molecular weight excluding hydrogens is 415 g/mol. The molecule has 1 amide bonds. The molecule has 0 aromatic heterocycles. The number of rotatable bonds is 9. The summed E-state index contributed by atoms with van der Waals surface area (Å²) in [5, 5.41) is 20.7. The van der Waals surface area contributed by atoms with Gasteiger partial charge in [-0.05, 0) is 50.2 Å². The number of anilines is 2. The number of hydrogen-bond donors (Lipinski definition) is 2. The predicted octanol–water partition coefficient (Wildman–Crippen LogP) is 6.06. The zero-order valence-electron chi connectivity index (χ0n) is 16.2. The maximum absolute atomic E-state index is 12.2. The van der Waals surface area contributed by atoms with Crippen molar-refractivity contribution in [2.45, 2.75) is 26.7 Å². The molecule has 154 valence electrons. The summed E-state index contributed by atoms with van der Waals surface area (Å²) < 4.78 is 0. The fourth-order valence-corrected chi connectivity index (χ4v) is 2.92. The first kappa shape index (κ1) is 22.6. The van der Waals surface area contributed by atoms with Crippen LogP contribution in [0.2, 0.25) is 10.0 Å². The number of halogens is 2. The van der Waals surface area contributed by atoms with E-state index >= 15 is 0 Å². The average Bonchev–Trinajstić information content (AvgIpc) is 2.69. The first-order valence-electron chi connectivity index (χ1n) is 9.11. The standard InChI is InChI=1S/C20H22Cl2N4O3/c1-3-26(4-2)14-6-8-16(18(12-14)23-19(27)9-10-20(28)29)24-25-17-11-13(21)5-7-15(17)22/h5-8,11-12H,3-4,9-10H2,1-2H3,(H,23,27)(H,28,29). The fourth-order valence-electron chi connectivity index (χ4n) is 2.60. The van der Waals surface area contributed by atoms with Crippen LogP contribution in [-0.2, 0) is 9.59 Å². The zero-order valence-corrected chi connectivity index (χ0v) is 17.7. The van der Waals surface area contributed by atoms with Gasteiger partial charge in [0.2, 0.25) is 5.91 Å². The van der Waals surface area contributed by atoms with E-state index in [2.05, 4.69) is 20.4 Å². The van der Waals surface area contributed by atoms with Crippen LogP contribution in [-0.4, -0.2) is 30.1 Å². The Morgan fingerprint density at radius 1 is 1.00 bits per heavy atom. The van der Waals surface area contributed by atoms with Crippen LogP contribution in [0.15, 0.2) is 46.6 Å². The van der Waals surface area contributed by atoms with E-state index in [1.54, 1.807) is 30.3 Å². The number of aliphatic carboxylic acids is 1. The van der Waals surface area contributed by atoms with Gasteiger partial charge in [0.1, 0.15) is 11.4 Å². The van der Waals surface area contributed by atoms with Crippen molar-refractivity contribution in [1.29, 1.82) is 0 Å². The molecule has 0 bridgehead atoms. The molecule has 0 unspecified atom stereocenters. The Hall–Kier alpha value is -2.64. The number of carboxylic acid groups (broad SMARTS) is 1. The van der Waals surface area contributed by atoms with Crippen molar-refractivity contribution in [2.24, 2.45) is 10.2 Å². The molecule has 2 aromatic carbocycles. The normalized spacial score (nSPS) is 10.9. The predicted molar refractivity (Wildman–Crippen MR) is 116 cm³/mol. The van der Waals surface area contributed by atoms with Crippen LogP contribution in [0.1, 0.15) is 26.7 Å². The first-order valence-corrected chi connectivity index (χ1v) is 9.87. The molecule has 0 saturated heterocycles. The maximum Gasteiger partial charge on any atom is 0.303 e. The lowest BCUT2D eigenvalue weighted by molar-refractivity contribution is -0.138. The molecule has 0 atom stereocenters. The Morgan fingerprint density at radius 2 is 1.69 bits per heavy atom. The Kier molecular flexibility index (Phi) is 8.42. The molecular formula is C20H22Cl2N4O3. The molecule has 9 heteroatoms. The molecule has 0 fully saturated rings. The minimum Gasteiger partial charge on any atom is -0.481 e. The van der Waals surface area contributed by atoms with Crippen molar-refractivity contribution >= 4 is 57.8 Å². The lowest BCUT2D eigenvalue weighted by atomic mass is 10.2. The third kappa shape index (κ3) is 6.73. The van der Waals surface area contributed by atoms with Crippen LogP contribution < -0.4 is 10.2 Å². The number of carbonyl (C=O) groups excluding carboxylic acids is 1. The van der Waals surface area contributed by atoms with Gasteiger partial charge in [-0.2, -0.15) is 0 Å². The van der Waals surface area contributed by atoms with Gasteiger partial charge in [0.05, 0.1) is 17.1 Å². The minimum atomic E-state index is -1.03. The lowest BCUT2D eigenvalue weighted by Gasteiger charge is -2.22. The van der Waals surface area contributed by atoms with Gasteiger partial charge in [-0.1, -0.05) is 23.2 Å². The number of nitrogens with one attached hydrogen (secondary N) is 1. The summed E-state index contributed by atoms with van der Waals surface area (Å²) in [6, 6.07) is 10.3. The molecule has 0 aliphatic carbocycles. The summed E-state index contributed by atoms with van der Waals surface area (Å²) in [5.74, 6) is -1.45. The second-order valence-electron chi connectivity index (χ2n) is 6.11. The van der Waals surface area contributed by atoms with Crippen LogP contribution in [0.3, 0.4) is 0 Å². The quantitative estimate of drug-likeness (QED) is 0.467. The summed E-state index contributed by atoms with van der Waals surface area (Å²) in [6.45, 7) is 5.65. The maximum atomic E-state index is 12.2. The van der Waals surface area contributed by atoms with Crippen molar-refractivity contribution in [3.05, 3.63) is 46.4 Å².